The number of hydrogen-bond acceptors (Lipinski definition) is 6. The van der Waals surface area contributed by atoms with E-state index in [0.717, 1.165) is 27.7 Å². The zero-order valence-corrected chi connectivity index (χ0v) is 19.9. The van der Waals surface area contributed by atoms with E-state index in [1.807, 2.05) is 27.7 Å². The number of aromatic nitrogens is 3. The third kappa shape index (κ3) is 4.09. The molecule has 1 aromatic carbocycles. The standard InChI is InChI=1S/C23H27BN4O2S/c1-12-13(2)31-22-19(12)20(15-7-9-16(24)10-8-15)25-17(11-18(29)30-23(4,5)6)21-27-26-14(3)28(21)22/h7-10,17H,11,24H2,1-6H3/t17-/m1/s1. The van der Waals surface area contributed by atoms with Gasteiger partial charge in [0.25, 0.3) is 0 Å². The van der Waals surface area contributed by atoms with Gasteiger partial charge in [0.1, 0.15) is 30.3 Å². The number of aryl methyl sites for hydroxylation is 2. The van der Waals surface area contributed by atoms with Gasteiger partial charge in [-0.25, -0.2) is 0 Å². The first-order valence-electron chi connectivity index (χ1n) is 10.4. The fourth-order valence-electron chi connectivity index (χ4n) is 3.78. The first-order valence-corrected chi connectivity index (χ1v) is 11.3. The first kappa shape index (κ1) is 21.5. The maximum atomic E-state index is 12.7. The minimum absolute atomic E-state index is 0.109. The van der Waals surface area contributed by atoms with Crippen LogP contribution in [0.15, 0.2) is 29.3 Å². The molecule has 8 heteroatoms. The van der Waals surface area contributed by atoms with Crippen LogP contribution in [0.25, 0.3) is 5.00 Å². The molecule has 0 saturated heterocycles. The van der Waals surface area contributed by atoms with E-state index in [-0.39, 0.29) is 12.4 Å². The van der Waals surface area contributed by atoms with Crippen molar-refractivity contribution >= 4 is 36.3 Å². The smallest absolute Gasteiger partial charge is 0.308 e. The van der Waals surface area contributed by atoms with Crippen molar-refractivity contribution in [3.8, 4) is 5.00 Å². The van der Waals surface area contributed by atoms with Gasteiger partial charge < -0.3 is 4.74 Å². The minimum atomic E-state index is -0.554. The van der Waals surface area contributed by atoms with E-state index in [2.05, 4.69) is 60.7 Å². The van der Waals surface area contributed by atoms with Crippen LogP contribution in [0.5, 0.6) is 0 Å². The number of nitrogens with zero attached hydrogens (tertiary/aromatic N) is 4. The SMILES string of the molecule is Bc1ccc(C2=N[C@H](CC(=O)OC(C)(C)C)c3nnc(C)n3-c3sc(C)c(C)c32)cc1. The summed E-state index contributed by atoms with van der Waals surface area (Å²) < 4.78 is 7.65. The molecule has 0 bridgehead atoms. The van der Waals surface area contributed by atoms with Crippen LogP contribution in [-0.2, 0) is 9.53 Å². The molecule has 0 aliphatic carbocycles. The Morgan fingerprint density at radius 1 is 1.16 bits per heavy atom. The predicted octanol–water partition coefficient (Wildman–Crippen LogP) is 3.14. The number of carbonyl (C=O) groups is 1. The van der Waals surface area contributed by atoms with Crippen molar-refractivity contribution in [2.24, 2.45) is 4.99 Å². The van der Waals surface area contributed by atoms with Gasteiger partial charge in [0.05, 0.1) is 12.1 Å². The van der Waals surface area contributed by atoms with Crippen LogP contribution in [-0.4, -0.2) is 39.9 Å². The summed E-state index contributed by atoms with van der Waals surface area (Å²) in [6, 6.07) is 7.88. The average molecular weight is 434 g/mol. The van der Waals surface area contributed by atoms with E-state index in [1.165, 1.54) is 15.9 Å². The molecule has 0 radical (unpaired) electrons. The molecular formula is C23H27BN4O2S. The third-order valence-electron chi connectivity index (χ3n) is 5.34. The van der Waals surface area contributed by atoms with E-state index in [4.69, 9.17) is 9.73 Å². The van der Waals surface area contributed by atoms with Crippen LogP contribution < -0.4 is 5.46 Å². The topological polar surface area (TPSA) is 69.4 Å². The van der Waals surface area contributed by atoms with Crippen molar-refractivity contribution in [2.45, 2.75) is 59.6 Å². The highest BCUT2D eigenvalue weighted by Crippen LogP contribution is 2.39. The molecule has 0 unspecified atom stereocenters. The largest absolute Gasteiger partial charge is 0.460 e. The second kappa shape index (κ2) is 7.75. The van der Waals surface area contributed by atoms with E-state index >= 15 is 0 Å². The molecular weight excluding hydrogens is 407 g/mol. The Labute approximate surface area is 187 Å². The number of hydrogen-bond donors (Lipinski definition) is 0. The molecule has 6 nitrogen and oxygen atoms in total. The second-order valence-electron chi connectivity index (χ2n) is 9.05. The van der Waals surface area contributed by atoms with Gasteiger partial charge >= 0.3 is 5.97 Å². The number of carbonyl (C=O) groups excluding carboxylic acids is 1. The number of rotatable bonds is 3. The Morgan fingerprint density at radius 2 is 1.84 bits per heavy atom. The summed E-state index contributed by atoms with van der Waals surface area (Å²) in [7, 11) is 2.07. The lowest BCUT2D eigenvalue weighted by atomic mass is 9.92. The van der Waals surface area contributed by atoms with Gasteiger partial charge in [-0.2, -0.15) is 0 Å². The second-order valence-corrected chi connectivity index (χ2v) is 10.3. The minimum Gasteiger partial charge on any atom is -0.460 e. The lowest BCUT2D eigenvalue weighted by Crippen LogP contribution is -2.25. The highest BCUT2D eigenvalue weighted by atomic mass is 32.1. The van der Waals surface area contributed by atoms with E-state index in [1.54, 1.807) is 11.3 Å². The molecule has 0 saturated carbocycles. The van der Waals surface area contributed by atoms with Crippen LogP contribution in [0.1, 0.15) is 66.5 Å². The van der Waals surface area contributed by atoms with Gasteiger partial charge in [-0.1, -0.05) is 29.7 Å². The van der Waals surface area contributed by atoms with Crippen molar-refractivity contribution in [1.29, 1.82) is 0 Å². The number of ether oxygens (including phenoxy) is 1. The lowest BCUT2D eigenvalue weighted by molar-refractivity contribution is -0.155. The van der Waals surface area contributed by atoms with Crippen molar-refractivity contribution in [3.05, 3.63) is 57.5 Å². The molecule has 160 valence electrons. The van der Waals surface area contributed by atoms with Gasteiger partial charge in [-0.05, 0) is 47.1 Å². The fourth-order valence-corrected chi connectivity index (χ4v) is 4.99. The van der Waals surface area contributed by atoms with Crippen LogP contribution in [0.2, 0.25) is 0 Å². The Balaban J connectivity index is 1.91. The molecule has 0 fully saturated rings. The lowest BCUT2D eigenvalue weighted by Gasteiger charge is -2.21. The normalized spacial score (nSPS) is 15.7. The number of esters is 1. The van der Waals surface area contributed by atoms with Gasteiger partial charge in [-0.3, -0.25) is 14.4 Å². The average Bonchev–Trinajstić information content (AvgIpc) is 3.14. The van der Waals surface area contributed by atoms with E-state index in [9.17, 15) is 4.79 Å². The van der Waals surface area contributed by atoms with Crippen molar-refractivity contribution in [3.63, 3.8) is 0 Å². The number of thiophene rings is 1. The van der Waals surface area contributed by atoms with E-state index in [0.29, 0.717) is 5.82 Å². The molecule has 0 N–H and O–H groups in total. The zero-order chi connectivity index (χ0) is 22.5. The summed E-state index contributed by atoms with van der Waals surface area (Å²) >= 11 is 1.71. The summed E-state index contributed by atoms with van der Waals surface area (Å²) in [6.07, 6.45) is 0.109. The van der Waals surface area contributed by atoms with Gasteiger partial charge in [0.2, 0.25) is 0 Å². The summed E-state index contributed by atoms with van der Waals surface area (Å²) in [5.74, 6) is 1.16. The number of aliphatic imine (C=N–C) groups is 1. The maximum absolute atomic E-state index is 12.7. The van der Waals surface area contributed by atoms with Gasteiger partial charge in [0, 0.05) is 16.0 Å². The number of benzene rings is 1. The zero-order valence-electron chi connectivity index (χ0n) is 19.1. The maximum Gasteiger partial charge on any atom is 0.308 e. The van der Waals surface area contributed by atoms with Crippen molar-refractivity contribution in [1.82, 2.24) is 14.8 Å². The summed E-state index contributed by atoms with van der Waals surface area (Å²) in [4.78, 5) is 19.1. The molecule has 3 heterocycles. The molecule has 0 amide bonds. The van der Waals surface area contributed by atoms with Crippen LogP contribution in [0, 0.1) is 20.8 Å². The van der Waals surface area contributed by atoms with Crippen LogP contribution in [0.4, 0.5) is 0 Å². The van der Waals surface area contributed by atoms with Crippen molar-refractivity contribution < 1.29 is 9.53 Å². The Hall–Kier alpha value is -2.74. The van der Waals surface area contributed by atoms with E-state index < -0.39 is 11.6 Å². The summed E-state index contributed by atoms with van der Waals surface area (Å²) in [5.41, 5.74) is 4.82. The number of fused-ring (bicyclic) bond motifs is 3. The van der Waals surface area contributed by atoms with Gasteiger partial charge in [0.15, 0.2) is 5.82 Å². The van der Waals surface area contributed by atoms with Crippen molar-refractivity contribution in [2.75, 3.05) is 0 Å². The highest BCUT2D eigenvalue weighted by molar-refractivity contribution is 7.15. The quantitative estimate of drug-likeness (QED) is 0.469. The molecule has 4 rings (SSSR count). The predicted molar refractivity (Wildman–Crippen MR) is 127 cm³/mol. The fraction of sp³-hybridized carbons (Fsp3) is 0.391. The molecule has 2 aromatic heterocycles. The Morgan fingerprint density at radius 3 is 2.48 bits per heavy atom. The first-order chi connectivity index (χ1) is 14.5. The van der Waals surface area contributed by atoms with Crippen LogP contribution in [0.3, 0.4) is 0 Å². The summed E-state index contributed by atoms with van der Waals surface area (Å²) in [5, 5.41) is 9.80. The molecule has 1 aliphatic heterocycles. The molecule has 3 aromatic rings. The third-order valence-corrected chi connectivity index (χ3v) is 6.54. The molecule has 0 spiro atoms. The van der Waals surface area contributed by atoms with Crippen LogP contribution >= 0.6 is 11.3 Å². The highest BCUT2D eigenvalue weighted by Gasteiger charge is 2.33. The molecule has 1 atom stereocenters. The molecule has 1 aliphatic rings. The monoisotopic (exact) mass is 434 g/mol. The Bertz CT molecular complexity index is 1190. The Kier molecular flexibility index (Phi) is 5.37. The van der Waals surface area contributed by atoms with Gasteiger partial charge in [-0.15, -0.1) is 21.5 Å². The molecule has 31 heavy (non-hydrogen) atoms. The summed E-state index contributed by atoms with van der Waals surface area (Å²) in [6.45, 7) is 11.8.